The molecular formula is C34H38O9. The lowest BCUT2D eigenvalue weighted by Crippen LogP contribution is -2.72. The van der Waals surface area contributed by atoms with Crippen molar-refractivity contribution in [2.75, 3.05) is 6.61 Å². The van der Waals surface area contributed by atoms with Crippen molar-refractivity contribution in [2.45, 2.75) is 86.4 Å². The van der Waals surface area contributed by atoms with E-state index in [2.05, 4.69) is 13.5 Å². The number of rotatable bonds is 5. The van der Waals surface area contributed by atoms with E-state index in [0.29, 0.717) is 24.0 Å². The average molecular weight is 591 g/mol. The van der Waals surface area contributed by atoms with E-state index < -0.39 is 70.6 Å². The molecule has 3 heterocycles. The first-order valence-electron chi connectivity index (χ1n) is 15.2. The van der Waals surface area contributed by atoms with Gasteiger partial charge in [-0.1, -0.05) is 69.0 Å². The van der Waals surface area contributed by atoms with Gasteiger partial charge in [0.25, 0.3) is 0 Å². The maximum atomic E-state index is 13.0. The van der Waals surface area contributed by atoms with E-state index in [1.54, 1.807) is 30.3 Å². The fraction of sp³-hybridized carbons (Fsp3) is 0.559. The van der Waals surface area contributed by atoms with E-state index in [9.17, 15) is 20.1 Å². The Bertz CT molecular complexity index is 1480. The van der Waals surface area contributed by atoms with Gasteiger partial charge in [-0.25, -0.2) is 4.79 Å². The standard InChI is InChI=1S/C34H38O9/c1-18(2)30-16-20(4)33-23-15-19(3)25(35)32(23,38)29(37)31(17-39-28(36)21-11-7-5-8-12-21)27(40-31)24(33)26(30)41-34(42-30,43-33)22-13-9-6-10-14-22/h5-14,19-20,23-27,29,35,37-38H,1,15-17H2,2-4H3/t19-,20+,23?,24?,25-,26+,27-,29+,30+,31-,32+,33-,34+/m0/s1. The Kier molecular flexibility index (Phi) is 5.68. The maximum absolute atomic E-state index is 13.0. The minimum absolute atomic E-state index is 0.215. The Labute approximate surface area is 250 Å². The largest absolute Gasteiger partial charge is 0.459 e. The molecule has 3 aliphatic heterocycles. The SMILES string of the molecule is C=C(C)[C@]12C[C@@H](C)[C@@]34O[C@](c5ccccc5)(O[C@@H]1C3[C@@H]1O[C@]1(COC(=O)c1ccccc1)[C@@H](O)[C@@]1(O)C4C[C@H](C)[C@@H]1O)O2. The van der Waals surface area contributed by atoms with Crippen molar-refractivity contribution >= 4 is 5.97 Å². The zero-order valence-electron chi connectivity index (χ0n) is 24.5. The van der Waals surface area contributed by atoms with Crippen LogP contribution < -0.4 is 0 Å². The number of fused-ring (bicyclic) bond motifs is 3. The summed E-state index contributed by atoms with van der Waals surface area (Å²) in [7, 11) is 0. The number of carbonyl (C=O) groups excluding carboxylic acids is 1. The third-order valence-corrected chi connectivity index (χ3v) is 11.6. The molecule has 2 aromatic carbocycles. The Hall–Kier alpha value is -2.63. The number of carbonyl (C=O) groups is 1. The van der Waals surface area contributed by atoms with Crippen LogP contribution in [0.1, 0.15) is 49.5 Å². The smallest absolute Gasteiger partial charge is 0.338 e. The van der Waals surface area contributed by atoms with Gasteiger partial charge in [-0.2, -0.15) is 0 Å². The van der Waals surface area contributed by atoms with Crippen LogP contribution in [0.5, 0.6) is 0 Å². The third kappa shape index (κ3) is 3.23. The summed E-state index contributed by atoms with van der Waals surface area (Å²) >= 11 is 0. The molecule has 228 valence electrons. The molecule has 3 saturated carbocycles. The summed E-state index contributed by atoms with van der Waals surface area (Å²) in [5, 5.41) is 36.4. The van der Waals surface area contributed by atoms with Crippen LogP contribution in [0.4, 0.5) is 0 Å². The first-order chi connectivity index (χ1) is 20.5. The number of aliphatic hydroxyl groups is 3. The molecule has 0 aromatic heterocycles. The predicted molar refractivity (Wildman–Crippen MR) is 151 cm³/mol. The van der Waals surface area contributed by atoms with Crippen LogP contribution in [-0.4, -0.2) is 74.7 Å². The highest BCUT2D eigenvalue weighted by molar-refractivity contribution is 5.89. The van der Waals surface area contributed by atoms with Gasteiger partial charge in [0.1, 0.15) is 36.1 Å². The Morgan fingerprint density at radius 3 is 2.35 bits per heavy atom. The second-order valence-electron chi connectivity index (χ2n) is 13.8. The van der Waals surface area contributed by atoms with E-state index in [4.69, 9.17) is 23.7 Å². The molecule has 3 saturated heterocycles. The lowest BCUT2D eigenvalue weighted by molar-refractivity contribution is -0.443. The quantitative estimate of drug-likeness (QED) is 0.274. The van der Waals surface area contributed by atoms with E-state index >= 15 is 0 Å². The summed E-state index contributed by atoms with van der Waals surface area (Å²) < 4.78 is 33.2. The normalized spacial score (nSPS) is 50.3. The van der Waals surface area contributed by atoms with Crippen molar-refractivity contribution in [3.63, 3.8) is 0 Å². The van der Waals surface area contributed by atoms with E-state index in [-0.39, 0.29) is 18.4 Å². The van der Waals surface area contributed by atoms with Gasteiger partial charge in [0.2, 0.25) is 0 Å². The van der Waals surface area contributed by atoms with Crippen molar-refractivity contribution in [3.05, 3.63) is 83.9 Å². The van der Waals surface area contributed by atoms with Gasteiger partial charge in [0.05, 0.1) is 17.3 Å². The Morgan fingerprint density at radius 1 is 1.00 bits per heavy atom. The number of hydrogen-bond donors (Lipinski definition) is 3. The molecule has 3 bridgehead atoms. The van der Waals surface area contributed by atoms with Crippen LogP contribution in [0, 0.1) is 23.7 Å². The van der Waals surface area contributed by atoms with Crippen LogP contribution in [0.25, 0.3) is 0 Å². The Balaban J connectivity index is 1.29. The highest BCUT2D eigenvalue weighted by Gasteiger charge is 2.89. The summed E-state index contributed by atoms with van der Waals surface area (Å²) in [6.07, 6.45) is -3.25. The molecule has 6 aliphatic rings. The minimum atomic E-state index is -2.02. The lowest BCUT2D eigenvalue weighted by Gasteiger charge is -2.60. The fourth-order valence-electron chi connectivity index (χ4n) is 9.58. The van der Waals surface area contributed by atoms with Crippen LogP contribution in [0.2, 0.25) is 0 Å². The van der Waals surface area contributed by atoms with Crippen LogP contribution >= 0.6 is 0 Å². The number of aliphatic hydroxyl groups excluding tert-OH is 2. The summed E-state index contributed by atoms with van der Waals surface area (Å²) in [5.41, 5.74) is -3.76. The molecule has 2 unspecified atom stereocenters. The maximum Gasteiger partial charge on any atom is 0.338 e. The van der Waals surface area contributed by atoms with E-state index in [0.717, 1.165) is 5.57 Å². The zero-order chi connectivity index (χ0) is 30.2. The second-order valence-corrected chi connectivity index (χ2v) is 13.8. The molecule has 6 fully saturated rings. The molecule has 0 amide bonds. The van der Waals surface area contributed by atoms with Crippen LogP contribution in [-0.2, 0) is 29.7 Å². The molecule has 9 nitrogen and oxygen atoms in total. The number of epoxide rings is 1. The predicted octanol–water partition coefficient (Wildman–Crippen LogP) is 3.07. The molecule has 0 radical (unpaired) electrons. The molecule has 8 rings (SSSR count). The van der Waals surface area contributed by atoms with Gasteiger partial charge in [-0.05, 0) is 49.3 Å². The monoisotopic (exact) mass is 590 g/mol. The van der Waals surface area contributed by atoms with Gasteiger partial charge in [-0.15, -0.1) is 0 Å². The lowest BCUT2D eigenvalue weighted by atomic mass is 9.54. The van der Waals surface area contributed by atoms with Gasteiger partial charge in [0, 0.05) is 17.4 Å². The molecule has 9 heteroatoms. The number of esters is 1. The molecule has 3 N–H and O–H groups in total. The van der Waals surface area contributed by atoms with E-state index in [1.165, 1.54) is 0 Å². The van der Waals surface area contributed by atoms with Gasteiger partial charge in [-0.3, -0.25) is 0 Å². The highest BCUT2D eigenvalue weighted by atomic mass is 16.9. The first kappa shape index (κ1) is 27.9. The first-order valence-corrected chi connectivity index (χ1v) is 15.2. The molecule has 3 aliphatic carbocycles. The van der Waals surface area contributed by atoms with Crippen molar-refractivity contribution in [3.8, 4) is 0 Å². The average Bonchev–Trinajstić information content (AvgIpc) is 3.63. The number of ether oxygens (including phenoxy) is 5. The van der Waals surface area contributed by atoms with E-state index in [1.807, 2.05) is 44.2 Å². The topological polar surface area (TPSA) is 127 Å². The Morgan fingerprint density at radius 2 is 1.67 bits per heavy atom. The van der Waals surface area contributed by atoms with Gasteiger partial charge >= 0.3 is 11.9 Å². The van der Waals surface area contributed by atoms with Crippen LogP contribution in [0.15, 0.2) is 72.8 Å². The summed E-state index contributed by atoms with van der Waals surface area (Å²) in [5.74, 6) is -3.96. The minimum Gasteiger partial charge on any atom is -0.459 e. The van der Waals surface area contributed by atoms with Gasteiger partial charge in [0.15, 0.2) is 5.60 Å². The van der Waals surface area contributed by atoms with Crippen molar-refractivity contribution in [1.82, 2.24) is 0 Å². The second kappa shape index (κ2) is 8.75. The molecular weight excluding hydrogens is 552 g/mol. The molecule has 2 aromatic rings. The molecule has 0 spiro atoms. The van der Waals surface area contributed by atoms with Crippen molar-refractivity contribution in [1.29, 1.82) is 0 Å². The van der Waals surface area contributed by atoms with Crippen molar-refractivity contribution in [2.24, 2.45) is 23.7 Å². The summed E-state index contributed by atoms with van der Waals surface area (Å²) in [6, 6.07) is 18.0. The fourth-order valence-corrected chi connectivity index (χ4v) is 9.58. The third-order valence-electron chi connectivity index (χ3n) is 11.6. The molecule has 13 atom stereocenters. The van der Waals surface area contributed by atoms with Gasteiger partial charge < -0.3 is 39.0 Å². The number of hydrogen-bond acceptors (Lipinski definition) is 9. The highest BCUT2D eigenvalue weighted by Crippen LogP contribution is 2.74. The van der Waals surface area contributed by atoms with Crippen molar-refractivity contribution < 1.29 is 43.8 Å². The summed E-state index contributed by atoms with van der Waals surface area (Å²) in [4.78, 5) is 13.0. The summed E-state index contributed by atoms with van der Waals surface area (Å²) in [6.45, 7) is 9.89. The van der Waals surface area contributed by atoms with Crippen LogP contribution in [0.3, 0.4) is 0 Å². The zero-order valence-corrected chi connectivity index (χ0v) is 24.5. The molecule has 43 heavy (non-hydrogen) atoms. The number of benzene rings is 2.